The van der Waals surface area contributed by atoms with Crippen molar-refractivity contribution in [2.45, 2.75) is 13.2 Å². The molecule has 0 aliphatic heterocycles. The third-order valence-electron chi connectivity index (χ3n) is 2.80. The summed E-state index contributed by atoms with van der Waals surface area (Å²) in [5.41, 5.74) is 1.92. The van der Waals surface area contributed by atoms with Crippen molar-refractivity contribution < 1.29 is 19.7 Å². The van der Waals surface area contributed by atoms with E-state index in [9.17, 15) is 4.79 Å². The predicted molar refractivity (Wildman–Crippen MR) is 77.8 cm³/mol. The summed E-state index contributed by atoms with van der Waals surface area (Å²) in [6, 6.07) is 12.0. The zero-order valence-corrected chi connectivity index (χ0v) is 12.1. The summed E-state index contributed by atoms with van der Waals surface area (Å²) in [6.07, 6.45) is 0. The molecule has 0 fully saturated rings. The van der Waals surface area contributed by atoms with E-state index < -0.39 is 5.97 Å². The molecule has 2 N–H and O–H groups in total. The number of ether oxygens (including phenoxy) is 1. The van der Waals surface area contributed by atoms with E-state index in [4.69, 9.17) is 14.9 Å². The maximum absolute atomic E-state index is 10.8. The number of aromatic carboxylic acids is 1. The molecular weight excluding hydrogens is 324 g/mol. The lowest BCUT2D eigenvalue weighted by Crippen LogP contribution is -2.00. The number of aliphatic hydroxyl groups excluding tert-OH is 1. The van der Waals surface area contributed by atoms with Gasteiger partial charge in [0.2, 0.25) is 0 Å². The highest BCUT2D eigenvalue weighted by Crippen LogP contribution is 2.21. The van der Waals surface area contributed by atoms with Crippen molar-refractivity contribution in [2.75, 3.05) is 0 Å². The summed E-state index contributed by atoms with van der Waals surface area (Å²) in [5.74, 6) is -0.269. The number of carboxylic acids is 1. The van der Waals surface area contributed by atoms with Crippen LogP contribution >= 0.6 is 15.9 Å². The molecule has 0 aliphatic carbocycles. The first-order chi connectivity index (χ1) is 9.60. The quantitative estimate of drug-likeness (QED) is 0.879. The van der Waals surface area contributed by atoms with Crippen molar-refractivity contribution in [3.05, 3.63) is 63.6 Å². The number of rotatable bonds is 5. The molecule has 0 aliphatic rings. The maximum Gasteiger partial charge on any atom is 0.335 e. The Morgan fingerprint density at radius 3 is 2.40 bits per heavy atom. The average Bonchev–Trinajstić information content (AvgIpc) is 2.46. The largest absolute Gasteiger partial charge is 0.489 e. The highest BCUT2D eigenvalue weighted by molar-refractivity contribution is 9.10. The summed E-state index contributed by atoms with van der Waals surface area (Å²) >= 11 is 3.34. The van der Waals surface area contributed by atoms with Gasteiger partial charge in [0.25, 0.3) is 0 Å². The average molecular weight is 337 g/mol. The fraction of sp³-hybridized carbons (Fsp3) is 0.133. The van der Waals surface area contributed by atoms with Gasteiger partial charge in [-0.15, -0.1) is 0 Å². The summed E-state index contributed by atoms with van der Waals surface area (Å²) in [4.78, 5) is 10.8. The van der Waals surface area contributed by atoms with Gasteiger partial charge >= 0.3 is 5.97 Å². The van der Waals surface area contributed by atoms with E-state index in [0.29, 0.717) is 16.8 Å². The lowest BCUT2D eigenvalue weighted by atomic mass is 10.1. The summed E-state index contributed by atoms with van der Waals surface area (Å²) in [7, 11) is 0. The van der Waals surface area contributed by atoms with Gasteiger partial charge in [-0.2, -0.15) is 0 Å². The van der Waals surface area contributed by atoms with Gasteiger partial charge in [-0.1, -0.05) is 34.1 Å². The molecule has 0 saturated carbocycles. The number of benzene rings is 2. The Bertz CT molecular complexity index is 608. The van der Waals surface area contributed by atoms with Crippen LogP contribution in [-0.4, -0.2) is 16.2 Å². The van der Waals surface area contributed by atoms with Gasteiger partial charge < -0.3 is 14.9 Å². The molecule has 2 aromatic carbocycles. The molecular formula is C15H13BrO4. The molecule has 104 valence electrons. The second kappa shape index (κ2) is 6.54. The molecule has 0 radical (unpaired) electrons. The van der Waals surface area contributed by atoms with Gasteiger partial charge in [-0.25, -0.2) is 4.79 Å². The van der Waals surface area contributed by atoms with E-state index in [2.05, 4.69) is 15.9 Å². The van der Waals surface area contributed by atoms with E-state index in [-0.39, 0.29) is 12.2 Å². The van der Waals surface area contributed by atoms with Crippen LogP contribution in [0.15, 0.2) is 46.9 Å². The number of carboxylic acid groups (broad SMARTS) is 1. The Kier molecular flexibility index (Phi) is 4.76. The van der Waals surface area contributed by atoms with Gasteiger partial charge in [0.05, 0.1) is 12.2 Å². The first-order valence-electron chi connectivity index (χ1n) is 5.94. The van der Waals surface area contributed by atoms with Gasteiger partial charge in [0, 0.05) is 10.0 Å². The van der Waals surface area contributed by atoms with Crippen molar-refractivity contribution >= 4 is 21.9 Å². The van der Waals surface area contributed by atoms with Crippen LogP contribution in [0, 0.1) is 0 Å². The molecule has 4 nitrogen and oxygen atoms in total. The lowest BCUT2D eigenvalue weighted by Gasteiger charge is -2.09. The van der Waals surface area contributed by atoms with E-state index in [0.717, 1.165) is 11.1 Å². The third-order valence-corrected chi connectivity index (χ3v) is 3.54. The number of carbonyl (C=O) groups is 1. The maximum atomic E-state index is 10.8. The van der Waals surface area contributed by atoms with Crippen molar-refractivity contribution in [1.82, 2.24) is 0 Å². The van der Waals surface area contributed by atoms with Gasteiger partial charge in [0.1, 0.15) is 12.4 Å². The fourth-order valence-corrected chi connectivity index (χ4v) is 2.14. The van der Waals surface area contributed by atoms with Crippen molar-refractivity contribution in [3.63, 3.8) is 0 Å². The van der Waals surface area contributed by atoms with E-state index in [1.807, 2.05) is 0 Å². The SMILES string of the molecule is O=C(O)c1ccc(COc2ccc(CO)cc2)c(Br)c1. The second-order valence-electron chi connectivity index (χ2n) is 4.20. The number of halogens is 1. The van der Waals surface area contributed by atoms with Gasteiger partial charge in [0.15, 0.2) is 0 Å². The van der Waals surface area contributed by atoms with E-state index in [1.165, 1.54) is 0 Å². The third kappa shape index (κ3) is 3.59. The molecule has 20 heavy (non-hydrogen) atoms. The van der Waals surface area contributed by atoms with Crippen LogP contribution in [-0.2, 0) is 13.2 Å². The normalized spacial score (nSPS) is 10.3. The molecule has 0 saturated heterocycles. The minimum Gasteiger partial charge on any atom is -0.489 e. The van der Waals surface area contributed by atoms with E-state index >= 15 is 0 Å². The Morgan fingerprint density at radius 2 is 1.85 bits per heavy atom. The highest BCUT2D eigenvalue weighted by Gasteiger charge is 2.07. The first-order valence-corrected chi connectivity index (χ1v) is 6.74. The fourth-order valence-electron chi connectivity index (χ4n) is 1.65. The zero-order chi connectivity index (χ0) is 14.5. The number of hydrogen-bond acceptors (Lipinski definition) is 3. The minimum absolute atomic E-state index is 0.00246. The van der Waals surface area contributed by atoms with Gasteiger partial charge in [-0.3, -0.25) is 0 Å². The highest BCUT2D eigenvalue weighted by atomic mass is 79.9. The van der Waals surface area contributed by atoms with Crippen LogP contribution in [0.25, 0.3) is 0 Å². The van der Waals surface area contributed by atoms with Crippen LogP contribution in [0.5, 0.6) is 5.75 Å². The van der Waals surface area contributed by atoms with Crippen molar-refractivity contribution in [2.24, 2.45) is 0 Å². The Balaban J connectivity index is 2.04. The minimum atomic E-state index is -0.960. The van der Waals surface area contributed by atoms with Crippen LogP contribution in [0.1, 0.15) is 21.5 Å². The monoisotopic (exact) mass is 336 g/mol. The first kappa shape index (κ1) is 14.6. The number of hydrogen-bond donors (Lipinski definition) is 2. The predicted octanol–water partition coefficient (Wildman–Crippen LogP) is 3.22. The van der Waals surface area contributed by atoms with E-state index in [1.54, 1.807) is 42.5 Å². The molecule has 0 amide bonds. The smallest absolute Gasteiger partial charge is 0.335 e. The van der Waals surface area contributed by atoms with Crippen molar-refractivity contribution in [1.29, 1.82) is 0 Å². The van der Waals surface area contributed by atoms with Crippen LogP contribution < -0.4 is 4.74 Å². The molecule has 0 aromatic heterocycles. The summed E-state index contributed by atoms with van der Waals surface area (Å²) in [5, 5.41) is 17.8. The standard InChI is InChI=1S/C15H13BrO4/c16-14-7-11(15(18)19)3-4-12(14)9-20-13-5-1-10(8-17)2-6-13/h1-7,17H,8-9H2,(H,18,19). The second-order valence-corrected chi connectivity index (χ2v) is 5.06. The lowest BCUT2D eigenvalue weighted by molar-refractivity contribution is 0.0696. The molecule has 5 heteroatoms. The Labute approximate surface area is 124 Å². The van der Waals surface area contributed by atoms with Crippen LogP contribution in [0.3, 0.4) is 0 Å². The Morgan fingerprint density at radius 1 is 1.15 bits per heavy atom. The summed E-state index contributed by atoms with van der Waals surface area (Å²) in [6.45, 7) is 0.335. The molecule has 0 spiro atoms. The molecule has 0 heterocycles. The van der Waals surface area contributed by atoms with Crippen LogP contribution in [0.4, 0.5) is 0 Å². The van der Waals surface area contributed by atoms with Gasteiger partial charge in [-0.05, 0) is 29.8 Å². The zero-order valence-electron chi connectivity index (χ0n) is 10.5. The Hall–Kier alpha value is -1.85. The summed E-state index contributed by atoms with van der Waals surface area (Å²) < 4.78 is 6.31. The molecule has 0 atom stereocenters. The number of aliphatic hydroxyl groups is 1. The molecule has 2 aromatic rings. The topological polar surface area (TPSA) is 66.8 Å². The molecule has 0 bridgehead atoms. The molecule has 0 unspecified atom stereocenters. The molecule has 2 rings (SSSR count). The van der Waals surface area contributed by atoms with Crippen LogP contribution in [0.2, 0.25) is 0 Å². The van der Waals surface area contributed by atoms with Crippen molar-refractivity contribution in [3.8, 4) is 5.75 Å².